The summed E-state index contributed by atoms with van der Waals surface area (Å²) in [6.07, 6.45) is 0. The molecule has 0 unspecified atom stereocenters. The summed E-state index contributed by atoms with van der Waals surface area (Å²) >= 11 is 5.72. The molecule has 0 amide bonds. The van der Waals surface area contributed by atoms with Crippen molar-refractivity contribution in [2.24, 2.45) is 10.2 Å². The molecule has 0 aromatic carbocycles. The Morgan fingerprint density at radius 1 is 0.875 bits per heavy atom. The van der Waals surface area contributed by atoms with Crippen molar-refractivity contribution in [3.05, 3.63) is 41.2 Å². The van der Waals surface area contributed by atoms with Gasteiger partial charge in [0.05, 0.1) is 20.4 Å². The molecule has 1 aliphatic carbocycles. The van der Waals surface area contributed by atoms with Crippen molar-refractivity contribution in [2.45, 2.75) is 0 Å². The molecule has 16 heavy (non-hydrogen) atoms. The lowest BCUT2D eigenvalue weighted by Gasteiger charge is -2.11. The van der Waals surface area contributed by atoms with Crippen LogP contribution in [0.1, 0.15) is 0 Å². The van der Waals surface area contributed by atoms with Crippen LogP contribution in [-0.2, 0) is 9.59 Å². The van der Waals surface area contributed by atoms with Crippen LogP contribution in [0.5, 0.6) is 0 Å². The fourth-order valence-electron chi connectivity index (χ4n) is 0.897. The minimum Gasteiger partial charge on any atom is -0.288 e. The van der Waals surface area contributed by atoms with Crippen molar-refractivity contribution in [2.75, 3.05) is 0 Å². The second-order valence-corrected chi connectivity index (χ2v) is 3.95. The predicted octanol–water partition coefficient (Wildman–Crippen LogP) is 2.97. The van der Waals surface area contributed by atoms with E-state index in [0.29, 0.717) is 0 Å². The molecule has 0 aliphatic heterocycles. The number of Topliss-reactive ketones (excluding diaryl/α,β-unsaturated/α-hetero) is 2. The smallest absolute Gasteiger partial charge is 0.204 e. The van der Waals surface area contributed by atoms with Crippen molar-refractivity contribution in [3.8, 4) is 0 Å². The van der Waals surface area contributed by atoms with E-state index in [-0.39, 0.29) is 8.96 Å². The van der Waals surface area contributed by atoms with Crippen LogP contribution in [0.25, 0.3) is 20.9 Å². The molecule has 0 N–H and O–H groups in total. The van der Waals surface area contributed by atoms with E-state index < -0.39 is 23.0 Å². The van der Waals surface area contributed by atoms with E-state index in [1.54, 1.807) is 0 Å². The van der Waals surface area contributed by atoms with E-state index >= 15 is 0 Å². The second kappa shape index (κ2) is 4.95. The zero-order valence-corrected chi connectivity index (χ0v) is 10.4. The molecule has 0 radical (unpaired) electrons. The first kappa shape index (κ1) is 12.5. The van der Waals surface area contributed by atoms with Gasteiger partial charge in [0.25, 0.3) is 0 Å². The van der Waals surface area contributed by atoms with Gasteiger partial charge >= 0.3 is 0 Å². The standard InChI is InChI=1S/C6Br2N6O2/c7-1-2(8)6(16)4(12-14-10)3(5(1)15)11-13-9. The Kier molecular flexibility index (Phi) is 3.86. The molecule has 0 spiro atoms. The zero-order chi connectivity index (χ0) is 12.3. The average molecular weight is 348 g/mol. The van der Waals surface area contributed by atoms with E-state index in [2.05, 4.69) is 51.9 Å². The maximum absolute atomic E-state index is 11.6. The number of hydrogen-bond donors (Lipinski definition) is 0. The number of rotatable bonds is 2. The molecule has 0 fully saturated rings. The lowest BCUT2D eigenvalue weighted by molar-refractivity contribution is -0.115. The van der Waals surface area contributed by atoms with Crippen LogP contribution in [0.3, 0.4) is 0 Å². The number of allylic oxidation sites excluding steroid dienone is 2. The fraction of sp³-hybridized carbons (Fsp3) is 0. The van der Waals surface area contributed by atoms with Gasteiger partial charge in [-0.3, -0.25) is 9.59 Å². The molecule has 0 bridgehead atoms. The molecule has 1 aliphatic rings. The van der Waals surface area contributed by atoms with Crippen LogP contribution in [-0.4, -0.2) is 11.6 Å². The van der Waals surface area contributed by atoms with Gasteiger partial charge in [0.15, 0.2) is 0 Å². The molecule has 0 saturated carbocycles. The average Bonchev–Trinajstić information content (AvgIpc) is 2.28. The largest absolute Gasteiger partial charge is 0.288 e. The summed E-state index contributed by atoms with van der Waals surface area (Å²) in [4.78, 5) is 27.9. The number of carbonyl (C=O) groups is 2. The lowest BCUT2D eigenvalue weighted by Crippen LogP contribution is -2.17. The zero-order valence-electron chi connectivity index (χ0n) is 7.26. The van der Waals surface area contributed by atoms with Crippen molar-refractivity contribution in [1.82, 2.24) is 0 Å². The molecule has 0 aromatic rings. The Hall–Kier alpha value is -1.60. The number of nitrogens with zero attached hydrogens (tertiary/aromatic N) is 6. The van der Waals surface area contributed by atoms with Crippen molar-refractivity contribution in [1.29, 1.82) is 0 Å². The van der Waals surface area contributed by atoms with Gasteiger partial charge in [-0.1, -0.05) is 10.2 Å². The Morgan fingerprint density at radius 3 is 1.44 bits per heavy atom. The Labute approximate surface area is 105 Å². The maximum atomic E-state index is 11.6. The Balaban J connectivity index is 3.56. The van der Waals surface area contributed by atoms with E-state index in [9.17, 15) is 9.59 Å². The quantitative estimate of drug-likeness (QED) is 0.329. The Morgan fingerprint density at radius 2 is 1.19 bits per heavy atom. The SMILES string of the molecule is [N-]=[N+]=NC1=C(N=[N+]=[N-])C(=O)C(Br)=C(Br)C1=O. The summed E-state index contributed by atoms with van der Waals surface area (Å²) in [5.41, 5.74) is 15.4. The normalized spacial score (nSPS) is 15.9. The van der Waals surface area contributed by atoms with Gasteiger partial charge in [-0.05, 0) is 42.9 Å². The first-order valence-electron chi connectivity index (χ1n) is 3.53. The van der Waals surface area contributed by atoms with Crippen LogP contribution < -0.4 is 0 Å². The van der Waals surface area contributed by atoms with Crippen molar-refractivity contribution < 1.29 is 9.59 Å². The summed E-state index contributed by atoms with van der Waals surface area (Å²) < 4.78 is -0.173. The van der Waals surface area contributed by atoms with Gasteiger partial charge in [0, 0.05) is 9.82 Å². The fourth-order valence-corrected chi connectivity index (χ4v) is 1.63. The maximum Gasteiger partial charge on any atom is 0.204 e. The minimum atomic E-state index is -0.730. The molecule has 0 aromatic heterocycles. The van der Waals surface area contributed by atoms with Crippen molar-refractivity contribution >= 4 is 43.4 Å². The van der Waals surface area contributed by atoms with Crippen LogP contribution in [0.15, 0.2) is 30.6 Å². The number of ketones is 2. The van der Waals surface area contributed by atoms with Gasteiger partial charge in [-0.15, -0.1) is 0 Å². The summed E-state index contributed by atoms with van der Waals surface area (Å²) in [6, 6.07) is 0. The highest BCUT2D eigenvalue weighted by molar-refractivity contribution is 9.14. The van der Waals surface area contributed by atoms with Gasteiger partial charge < -0.3 is 0 Å². The summed E-state index contributed by atoms with van der Waals surface area (Å²) in [5, 5.41) is 6.08. The van der Waals surface area contributed by atoms with Gasteiger partial charge in [0.2, 0.25) is 11.6 Å². The number of hydrogen-bond acceptors (Lipinski definition) is 4. The molecule has 80 valence electrons. The first-order valence-corrected chi connectivity index (χ1v) is 5.12. The van der Waals surface area contributed by atoms with Crippen LogP contribution in [0.4, 0.5) is 0 Å². The van der Waals surface area contributed by atoms with E-state index in [1.165, 1.54) is 0 Å². The molecule has 10 heteroatoms. The van der Waals surface area contributed by atoms with Gasteiger partial charge in [0.1, 0.15) is 0 Å². The summed E-state index contributed by atoms with van der Waals surface area (Å²) in [5.74, 6) is -1.46. The molecule has 8 nitrogen and oxygen atoms in total. The predicted molar refractivity (Wildman–Crippen MR) is 60.2 cm³/mol. The summed E-state index contributed by atoms with van der Waals surface area (Å²) in [7, 11) is 0. The molecule has 1 rings (SSSR count). The highest BCUT2D eigenvalue weighted by atomic mass is 79.9. The third-order valence-corrected chi connectivity index (χ3v) is 3.58. The molecular formula is C6Br2N6O2. The molecule has 0 heterocycles. The van der Waals surface area contributed by atoms with E-state index in [0.717, 1.165) is 0 Å². The highest BCUT2D eigenvalue weighted by Crippen LogP contribution is 2.32. The number of halogens is 2. The van der Waals surface area contributed by atoms with Crippen LogP contribution in [0.2, 0.25) is 0 Å². The van der Waals surface area contributed by atoms with Gasteiger partial charge in [-0.2, -0.15) is 0 Å². The van der Waals surface area contributed by atoms with Crippen LogP contribution in [0, 0.1) is 0 Å². The summed E-state index contributed by atoms with van der Waals surface area (Å²) in [6.45, 7) is 0. The first-order chi connectivity index (χ1) is 7.54. The topological polar surface area (TPSA) is 132 Å². The minimum absolute atomic E-state index is 0.0863. The number of azide groups is 2. The van der Waals surface area contributed by atoms with Crippen molar-refractivity contribution in [3.63, 3.8) is 0 Å². The third-order valence-electron chi connectivity index (χ3n) is 1.54. The lowest BCUT2D eigenvalue weighted by atomic mass is 10.1. The highest BCUT2D eigenvalue weighted by Gasteiger charge is 2.31. The third kappa shape index (κ3) is 2.00. The molecule has 0 saturated heterocycles. The van der Waals surface area contributed by atoms with Gasteiger partial charge in [-0.25, -0.2) is 0 Å². The Bertz CT molecular complexity index is 501. The van der Waals surface area contributed by atoms with E-state index in [4.69, 9.17) is 11.1 Å². The second-order valence-electron chi connectivity index (χ2n) is 2.36. The molecular weight excluding hydrogens is 348 g/mol. The number of carbonyl (C=O) groups excluding carboxylic acids is 2. The molecule has 0 atom stereocenters. The van der Waals surface area contributed by atoms with E-state index in [1.807, 2.05) is 0 Å². The monoisotopic (exact) mass is 346 g/mol. The van der Waals surface area contributed by atoms with Crippen LogP contribution >= 0.6 is 31.9 Å².